The highest BCUT2D eigenvalue weighted by Crippen LogP contribution is 2.62. The van der Waals surface area contributed by atoms with Gasteiger partial charge in [-0.05, 0) is 75.8 Å². The zero-order valence-electron chi connectivity index (χ0n) is 27.3. The van der Waals surface area contributed by atoms with Gasteiger partial charge in [-0.15, -0.1) is 0 Å². The molecule has 0 amide bonds. The second-order valence-electron chi connectivity index (χ2n) is 13.4. The molecule has 2 atom stereocenters. The fourth-order valence-corrected chi connectivity index (χ4v) is 13.1. The van der Waals surface area contributed by atoms with Crippen LogP contribution in [0.25, 0.3) is 44.0 Å². The van der Waals surface area contributed by atoms with Crippen molar-refractivity contribution in [3.8, 4) is 11.1 Å². The lowest BCUT2D eigenvalue weighted by Crippen LogP contribution is -2.48. The van der Waals surface area contributed by atoms with Crippen LogP contribution in [0.15, 0.2) is 184 Å². The summed E-state index contributed by atoms with van der Waals surface area (Å²) in [5.41, 5.74) is 8.60. The first-order valence-corrected chi connectivity index (χ1v) is 19.7. The molecule has 2 aliphatic rings. The van der Waals surface area contributed by atoms with Gasteiger partial charge in [0, 0.05) is 48.1 Å². The minimum Gasteiger partial charge on any atom is -0.456 e. The van der Waals surface area contributed by atoms with Gasteiger partial charge in [0.15, 0.2) is 7.14 Å². The Morgan fingerprint density at radius 2 is 1.25 bits per heavy atom. The summed E-state index contributed by atoms with van der Waals surface area (Å²) in [6, 6.07) is 57.2. The van der Waals surface area contributed by atoms with E-state index < -0.39 is 12.6 Å². The number of hydrogen-bond acceptors (Lipinski definition) is 4. The highest BCUT2D eigenvalue weighted by atomic mass is 32.2. The fourth-order valence-electron chi connectivity index (χ4n) is 8.72. The number of pyridine rings is 1. The first-order chi connectivity index (χ1) is 25.2. The molecule has 9 aromatic rings. The Morgan fingerprint density at radius 3 is 2.16 bits per heavy atom. The van der Waals surface area contributed by atoms with Crippen LogP contribution in [0.2, 0.25) is 0 Å². The molecule has 0 fully saturated rings. The van der Waals surface area contributed by atoms with E-state index in [0.717, 1.165) is 71.0 Å². The lowest BCUT2D eigenvalue weighted by Gasteiger charge is -2.47. The van der Waals surface area contributed by atoms with E-state index in [2.05, 4.69) is 114 Å². The van der Waals surface area contributed by atoms with Crippen LogP contribution in [0.1, 0.15) is 22.3 Å². The number of nitrogens with zero attached hydrogens (tertiary/aromatic N) is 1. The molecule has 3 nitrogen and oxygen atoms in total. The summed E-state index contributed by atoms with van der Waals surface area (Å²) in [4.78, 5) is 7.02. The molecule has 0 bridgehead atoms. The summed E-state index contributed by atoms with van der Waals surface area (Å²) in [6.45, 7) is 0. The van der Waals surface area contributed by atoms with E-state index in [1.807, 2.05) is 72.6 Å². The molecule has 0 N–H and O–H groups in total. The van der Waals surface area contributed by atoms with Crippen molar-refractivity contribution in [3.05, 3.63) is 192 Å². The van der Waals surface area contributed by atoms with Crippen LogP contribution in [0.4, 0.5) is 0 Å². The van der Waals surface area contributed by atoms with Crippen LogP contribution < -0.4 is 15.9 Å². The molecule has 4 heterocycles. The Balaban J connectivity index is 1.30. The van der Waals surface area contributed by atoms with Crippen LogP contribution in [-0.2, 0) is 9.98 Å². The molecule has 2 aliphatic heterocycles. The lowest BCUT2D eigenvalue weighted by molar-refractivity contribution is 0.589. The van der Waals surface area contributed by atoms with Gasteiger partial charge < -0.3 is 8.98 Å². The summed E-state index contributed by atoms with van der Waals surface area (Å²) >= 11 is 1.81. The van der Waals surface area contributed by atoms with Crippen LogP contribution in [0, 0.1) is 0 Å². The quantitative estimate of drug-likeness (QED) is 0.170. The standard InChI is InChI=1S/C46H28NO2PS/c48-50(30-12-2-1-3-13-30)42-20-10-6-16-35(42)46(38-27-34-33-15-5-9-19-40(33)49-41(34)28-43(38)50)36-17-7-11-21-44(36)51-45-26-29(22-23-37(45)46)31-24-25-47-39-18-8-4-14-32(31)39/h1-28H. The van der Waals surface area contributed by atoms with E-state index in [4.69, 9.17) is 4.42 Å². The second-order valence-corrected chi connectivity index (χ2v) is 17.1. The summed E-state index contributed by atoms with van der Waals surface area (Å²) in [5.74, 6) is 0. The number of hydrogen-bond donors (Lipinski definition) is 0. The fraction of sp³-hybridized carbons (Fsp3) is 0.0217. The molecular formula is C46H28NO2PS. The second kappa shape index (κ2) is 10.7. The van der Waals surface area contributed by atoms with E-state index in [1.165, 1.54) is 20.9 Å². The number of aromatic nitrogens is 1. The number of rotatable bonds is 2. The van der Waals surface area contributed by atoms with Gasteiger partial charge in [0.05, 0.1) is 10.9 Å². The summed E-state index contributed by atoms with van der Waals surface area (Å²) in [6.07, 6.45) is 1.90. The van der Waals surface area contributed by atoms with Crippen molar-refractivity contribution in [2.24, 2.45) is 0 Å². The van der Waals surface area contributed by atoms with Gasteiger partial charge in [-0.2, -0.15) is 0 Å². The Hall–Kier alpha value is -5.67. The number of benzene rings is 7. The van der Waals surface area contributed by atoms with Crippen molar-refractivity contribution in [2.45, 2.75) is 15.2 Å². The SMILES string of the molecule is O=P1(c2ccccc2)c2ccccc2C2(c3ccccc3Sc3cc(-c4ccnc5ccccc45)ccc32)c2cc3c(cc21)oc1ccccc13. The number of fused-ring (bicyclic) bond motifs is 12. The van der Waals surface area contributed by atoms with Crippen molar-refractivity contribution in [1.29, 1.82) is 0 Å². The van der Waals surface area contributed by atoms with Crippen molar-refractivity contribution >= 4 is 67.7 Å². The summed E-state index contributed by atoms with van der Waals surface area (Å²) in [7, 11) is -3.37. The van der Waals surface area contributed by atoms with E-state index in [1.54, 1.807) is 0 Å². The first kappa shape index (κ1) is 29.1. The highest BCUT2D eigenvalue weighted by molar-refractivity contribution is 7.99. The molecule has 51 heavy (non-hydrogen) atoms. The predicted molar refractivity (Wildman–Crippen MR) is 210 cm³/mol. The largest absolute Gasteiger partial charge is 0.456 e. The van der Waals surface area contributed by atoms with Crippen LogP contribution in [0.3, 0.4) is 0 Å². The monoisotopic (exact) mass is 689 g/mol. The topological polar surface area (TPSA) is 43.1 Å². The smallest absolute Gasteiger partial charge is 0.171 e. The molecule has 5 heteroatoms. The van der Waals surface area contributed by atoms with Gasteiger partial charge in [-0.1, -0.05) is 133 Å². The van der Waals surface area contributed by atoms with E-state index >= 15 is 4.57 Å². The maximum atomic E-state index is 16.3. The number of furan rings is 1. The Kier molecular flexibility index (Phi) is 6.09. The highest BCUT2D eigenvalue weighted by Gasteiger charge is 2.54. The zero-order chi connectivity index (χ0) is 33.7. The molecule has 1 spiro atoms. The maximum Gasteiger partial charge on any atom is 0.171 e. The van der Waals surface area contributed by atoms with Crippen LogP contribution >= 0.6 is 18.9 Å². The van der Waals surface area contributed by atoms with E-state index in [0.29, 0.717) is 0 Å². The molecule has 0 radical (unpaired) electrons. The molecule has 0 aliphatic carbocycles. The van der Waals surface area contributed by atoms with Gasteiger partial charge in [0.2, 0.25) is 0 Å². The Morgan fingerprint density at radius 1 is 0.529 bits per heavy atom. The van der Waals surface area contributed by atoms with Crippen molar-refractivity contribution in [3.63, 3.8) is 0 Å². The Labute approximate surface area is 299 Å². The lowest BCUT2D eigenvalue weighted by atomic mass is 9.64. The average Bonchev–Trinajstić information content (AvgIpc) is 3.56. The van der Waals surface area contributed by atoms with Crippen molar-refractivity contribution in [2.75, 3.05) is 0 Å². The minimum absolute atomic E-state index is 0.739. The molecule has 7 aromatic carbocycles. The van der Waals surface area contributed by atoms with Crippen LogP contribution in [-0.4, -0.2) is 4.98 Å². The van der Waals surface area contributed by atoms with Gasteiger partial charge in [0.25, 0.3) is 0 Å². The molecule has 11 rings (SSSR count). The zero-order valence-corrected chi connectivity index (χ0v) is 29.0. The van der Waals surface area contributed by atoms with Gasteiger partial charge in [-0.3, -0.25) is 4.98 Å². The van der Waals surface area contributed by atoms with Crippen molar-refractivity contribution < 1.29 is 8.98 Å². The Bertz CT molecular complexity index is 2940. The van der Waals surface area contributed by atoms with E-state index in [9.17, 15) is 0 Å². The third-order valence-corrected chi connectivity index (χ3v) is 15.1. The first-order valence-electron chi connectivity index (χ1n) is 17.1. The van der Waals surface area contributed by atoms with Gasteiger partial charge in [-0.25, -0.2) is 0 Å². The third-order valence-electron chi connectivity index (χ3n) is 10.9. The molecule has 0 saturated carbocycles. The molecular weight excluding hydrogens is 662 g/mol. The maximum absolute atomic E-state index is 16.3. The van der Waals surface area contributed by atoms with E-state index in [-0.39, 0.29) is 0 Å². The molecule has 0 saturated heterocycles. The van der Waals surface area contributed by atoms with Crippen LogP contribution in [0.5, 0.6) is 0 Å². The summed E-state index contributed by atoms with van der Waals surface area (Å²) in [5, 5.41) is 5.73. The van der Waals surface area contributed by atoms with Crippen molar-refractivity contribution in [1.82, 2.24) is 4.98 Å². The minimum atomic E-state index is -3.37. The third kappa shape index (κ3) is 3.87. The summed E-state index contributed by atoms with van der Waals surface area (Å²) < 4.78 is 22.8. The number of para-hydroxylation sites is 2. The van der Waals surface area contributed by atoms with Gasteiger partial charge in [0.1, 0.15) is 11.2 Å². The average molecular weight is 690 g/mol. The molecule has 2 unspecified atom stereocenters. The molecule has 240 valence electrons. The van der Waals surface area contributed by atoms with Gasteiger partial charge >= 0.3 is 0 Å². The normalized spacial score (nSPS) is 18.7. The molecule has 2 aromatic heterocycles. The predicted octanol–water partition coefficient (Wildman–Crippen LogP) is 10.6.